The van der Waals surface area contributed by atoms with Crippen molar-refractivity contribution in [1.82, 2.24) is 9.78 Å². The number of hydrogen-bond donors (Lipinski definition) is 0. The van der Waals surface area contributed by atoms with Crippen LogP contribution in [0.25, 0.3) is 28.5 Å². The van der Waals surface area contributed by atoms with E-state index in [4.69, 9.17) is 5.26 Å². The molecule has 4 rings (SSSR count). The van der Waals surface area contributed by atoms with Gasteiger partial charge < -0.3 is 0 Å². The monoisotopic (exact) mass is 423 g/mol. The third kappa shape index (κ3) is 4.60. The lowest BCUT2D eigenvalue weighted by Crippen LogP contribution is -2.31. The van der Waals surface area contributed by atoms with E-state index in [0.717, 1.165) is 16.7 Å². The second-order valence-electron chi connectivity index (χ2n) is 8.97. The number of benzene rings is 2. The number of carbonyl (C=O) groups is 2. The van der Waals surface area contributed by atoms with Crippen molar-refractivity contribution in [3.8, 4) is 28.5 Å². The molecule has 0 unspecified atom stereocenters. The summed E-state index contributed by atoms with van der Waals surface area (Å²) in [5.41, 5.74) is 4.46. The van der Waals surface area contributed by atoms with E-state index in [1.165, 1.54) is 0 Å². The number of rotatable bonds is 5. The van der Waals surface area contributed by atoms with Crippen LogP contribution in [0.1, 0.15) is 38.7 Å². The average molecular weight is 424 g/mol. The van der Waals surface area contributed by atoms with Gasteiger partial charge in [0, 0.05) is 30.2 Å². The van der Waals surface area contributed by atoms with E-state index in [1.54, 1.807) is 10.8 Å². The highest BCUT2D eigenvalue weighted by Crippen LogP contribution is 2.35. The molecule has 0 spiro atoms. The summed E-state index contributed by atoms with van der Waals surface area (Å²) >= 11 is 0. The van der Waals surface area contributed by atoms with Crippen LogP contribution in [0.15, 0.2) is 66.4 Å². The SMILES string of the molecule is CC1(C)CC(=O)C(=Cc2cn(CCC#N)nc2-c2ccc(-c3ccccc3)cc2)C(=O)C1. The van der Waals surface area contributed by atoms with Crippen molar-refractivity contribution in [2.75, 3.05) is 0 Å². The zero-order valence-corrected chi connectivity index (χ0v) is 18.3. The van der Waals surface area contributed by atoms with Gasteiger partial charge in [-0.25, -0.2) is 0 Å². The lowest BCUT2D eigenvalue weighted by Gasteiger charge is -2.28. The van der Waals surface area contributed by atoms with E-state index in [0.29, 0.717) is 37.1 Å². The Morgan fingerprint density at radius 3 is 2.19 bits per heavy atom. The van der Waals surface area contributed by atoms with E-state index >= 15 is 0 Å². The molecule has 5 nitrogen and oxygen atoms in total. The van der Waals surface area contributed by atoms with Crippen molar-refractivity contribution in [3.05, 3.63) is 71.9 Å². The van der Waals surface area contributed by atoms with Crippen molar-refractivity contribution < 1.29 is 9.59 Å². The van der Waals surface area contributed by atoms with Crippen molar-refractivity contribution in [2.24, 2.45) is 5.41 Å². The van der Waals surface area contributed by atoms with Gasteiger partial charge in [-0.1, -0.05) is 68.4 Å². The van der Waals surface area contributed by atoms with Crippen molar-refractivity contribution >= 4 is 17.6 Å². The smallest absolute Gasteiger partial charge is 0.167 e. The van der Waals surface area contributed by atoms with Crippen LogP contribution in [0.3, 0.4) is 0 Å². The molecule has 3 aromatic rings. The lowest BCUT2D eigenvalue weighted by atomic mass is 9.74. The molecule has 0 saturated heterocycles. The standard InChI is InChI=1S/C27H25N3O2/c1-27(2)16-24(31)23(25(32)17-27)15-22-18-30(14-6-13-28)29-26(22)21-11-9-20(10-12-21)19-7-4-3-5-8-19/h3-5,7-12,15,18H,6,14,16-17H2,1-2H3. The van der Waals surface area contributed by atoms with Crippen LogP contribution in [0.5, 0.6) is 0 Å². The molecule has 1 heterocycles. The second kappa shape index (κ2) is 8.76. The summed E-state index contributed by atoms with van der Waals surface area (Å²) in [5, 5.41) is 13.6. The van der Waals surface area contributed by atoms with Gasteiger partial charge in [0.25, 0.3) is 0 Å². The van der Waals surface area contributed by atoms with E-state index in [9.17, 15) is 9.59 Å². The van der Waals surface area contributed by atoms with Crippen LogP contribution >= 0.6 is 0 Å². The summed E-state index contributed by atoms with van der Waals surface area (Å²) in [6.07, 6.45) is 4.53. The first-order valence-electron chi connectivity index (χ1n) is 10.7. The topological polar surface area (TPSA) is 75.8 Å². The Bertz CT molecular complexity index is 1200. The molecule has 0 bridgehead atoms. The molecule has 0 radical (unpaired) electrons. The fraction of sp³-hybridized carbons (Fsp3) is 0.259. The maximum Gasteiger partial charge on any atom is 0.167 e. The number of carbonyl (C=O) groups excluding carboxylic acids is 2. The maximum absolute atomic E-state index is 12.7. The molecule has 1 aromatic heterocycles. The molecular formula is C27H25N3O2. The minimum Gasteiger partial charge on any atom is -0.294 e. The molecule has 0 amide bonds. The summed E-state index contributed by atoms with van der Waals surface area (Å²) in [4.78, 5) is 25.4. The van der Waals surface area contributed by atoms with Gasteiger partial charge in [-0.15, -0.1) is 0 Å². The highest BCUT2D eigenvalue weighted by atomic mass is 16.1. The van der Waals surface area contributed by atoms with Crippen LogP contribution in [-0.2, 0) is 16.1 Å². The zero-order valence-electron chi connectivity index (χ0n) is 18.3. The first-order valence-corrected chi connectivity index (χ1v) is 10.7. The summed E-state index contributed by atoms with van der Waals surface area (Å²) in [6, 6.07) is 20.3. The molecule has 1 aliphatic carbocycles. The quantitative estimate of drug-likeness (QED) is 0.403. The minimum atomic E-state index is -0.307. The number of hydrogen-bond acceptors (Lipinski definition) is 4. The van der Waals surface area contributed by atoms with Crippen molar-refractivity contribution in [3.63, 3.8) is 0 Å². The summed E-state index contributed by atoms with van der Waals surface area (Å²) < 4.78 is 1.71. The third-order valence-corrected chi connectivity index (χ3v) is 5.69. The molecule has 1 saturated carbocycles. The summed E-state index contributed by atoms with van der Waals surface area (Å²) in [7, 11) is 0. The molecule has 2 aromatic carbocycles. The highest BCUT2D eigenvalue weighted by molar-refractivity contribution is 6.25. The lowest BCUT2D eigenvalue weighted by molar-refractivity contribution is -0.127. The third-order valence-electron chi connectivity index (χ3n) is 5.69. The van der Waals surface area contributed by atoms with Gasteiger partial charge in [-0.3, -0.25) is 14.3 Å². The number of ketones is 2. The fourth-order valence-electron chi connectivity index (χ4n) is 4.09. The predicted octanol–water partition coefficient (Wildman–Crippen LogP) is 5.47. The molecular weight excluding hydrogens is 398 g/mol. The molecule has 160 valence electrons. The van der Waals surface area contributed by atoms with E-state index in [2.05, 4.69) is 23.3 Å². The fourth-order valence-corrected chi connectivity index (χ4v) is 4.09. The Labute approximate surface area is 188 Å². The summed E-state index contributed by atoms with van der Waals surface area (Å²) in [6.45, 7) is 4.34. The van der Waals surface area contributed by atoms with E-state index in [1.807, 2.05) is 62.5 Å². The van der Waals surface area contributed by atoms with Gasteiger partial charge in [0.15, 0.2) is 11.6 Å². The van der Waals surface area contributed by atoms with Crippen LogP contribution in [0.4, 0.5) is 0 Å². The molecule has 0 N–H and O–H groups in total. The molecule has 32 heavy (non-hydrogen) atoms. The minimum absolute atomic E-state index is 0.124. The van der Waals surface area contributed by atoms with Gasteiger partial charge in [0.2, 0.25) is 0 Å². The van der Waals surface area contributed by atoms with Gasteiger partial charge in [0.1, 0.15) is 0 Å². The van der Waals surface area contributed by atoms with Gasteiger partial charge in [-0.2, -0.15) is 10.4 Å². The zero-order chi connectivity index (χ0) is 22.7. The first-order chi connectivity index (χ1) is 15.4. The molecule has 0 atom stereocenters. The molecule has 0 aliphatic heterocycles. The average Bonchev–Trinajstić information content (AvgIpc) is 3.17. The number of aryl methyl sites for hydroxylation is 1. The van der Waals surface area contributed by atoms with Crippen LogP contribution < -0.4 is 0 Å². The predicted molar refractivity (Wildman–Crippen MR) is 124 cm³/mol. The van der Waals surface area contributed by atoms with E-state index in [-0.39, 0.29) is 22.6 Å². The Hall–Kier alpha value is -3.78. The molecule has 5 heteroatoms. The Morgan fingerprint density at radius 2 is 1.56 bits per heavy atom. The van der Waals surface area contributed by atoms with Gasteiger partial charge in [0.05, 0.1) is 30.3 Å². The van der Waals surface area contributed by atoms with Crippen molar-refractivity contribution in [1.29, 1.82) is 5.26 Å². The number of nitrogens with zero attached hydrogens (tertiary/aromatic N) is 3. The number of allylic oxidation sites excluding steroid dienone is 1. The largest absolute Gasteiger partial charge is 0.294 e. The maximum atomic E-state index is 12.7. The molecule has 1 aliphatic rings. The Balaban J connectivity index is 1.72. The van der Waals surface area contributed by atoms with Crippen LogP contribution in [-0.4, -0.2) is 21.3 Å². The number of aromatic nitrogens is 2. The Morgan fingerprint density at radius 1 is 0.969 bits per heavy atom. The van der Waals surface area contributed by atoms with Crippen molar-refractivity contribution in [2.45, 2.75) is 39.7 Å². The number of Topliss-reactive ketones (excluding diaryl/α,β-unsaturated/α-hetero) is 2. The number of nitriles is 1. The van der Waals surface area contributed by atoms with E-state index < -0.39 is 0 Å². The van der Waals surface area contributed by atoms with Gasteiger partial charge >= 0.3 is 0 Å². The Kier molecular flexibility index (Phi) is 5.87. The van der Waals surface area contributed by atoms with Gasteiger partial charge in [-0.05, 0) is 22.6 Å². The highest BCUT2D eigenvalue weighted by Gasteiger charge is 2.35. The first kappa shape index (κ1) is 21.5. The van der Waals surface area contributed by atoms with Crippen LogP contribution in [0.2, 0.25) is 0 Å². The molecule has 1 fully saturated rings. The normalized spacial score (nSPS) is 15.5. The summed E-state index contributed by atoms with van der Waals surface area (Å²) in [5.74, 6) is -0.247. The second-order valence-corrected chi connectivity index (χ2v) is 8.97. The van der Waals surface area contributed by atoms with Crippen LogP contribution in [0, 0.1) is 16.7 Å².